The predicted octanol–water partition coefficient (Wildman–Crippen LogP) is 2.44. The van der Waals surface area contributed by atoms with E-state index in [-0.39, 0.29) is 16.7 Å². The lowest BCUT2D eigenvalue weighted by molar-refractivity contribution is 0.102. The molecule has 0 unspecified atom stereocenters. The molecule has 2 aromatic rings. The Bertz CT molecular complexity index is 572. The van der Waals surface area contributed by atoms with Crippen molar-refractivity contribution in [3.05, 3.63) is 33.3 Å². The zero-order chi connectivity index (χ0) is 12.4. The highest BCUT2D eigenvalue weighted by Crippen LogP contribution is 2.19. The lowest BCUT2D eigenvalue weighted by Gasteiger charge is -2.02. The molecule has 2 heterocycles. The second-order valence-electron chi connectivity index (χ2n) is 3.07. The van der Waals surface area contributed by atoms with E-state index in [4.69, 9.17) is 16.0 Å². The Kier molecular flexibility index (Phi) is 3.39. The molecule has 0 aromatic carbocycles. The molecule has 0 bridgehead atoms. The molecule has 1 N–H and O–H groups in total. The number of nitrogens with zero attached hydrogens (tertiary/aromatic N) is 3. The molecule has 1 amide bonds. The molecular weight excluding hydrogens is 311 g/mol. The Hall–Kier alpha value is -1.47. The quantitative estimate of drug-likeness (QED) is 0.860. The third-order valence-electron chi connectivity index (χ3n) is 1.80. The minimum atomic E-state index is -0.465. The van der Waals surface area contributed by atoms with Crippen molar-refractivity contribution < 1.29 is 9.21 Å². The SMILES string of the molecule is Cc1nnc(NC(=O)c2cc(Br)cnc2Cl)o1. The van der Waals surface area contributed by atoms with Crippen LogP contribution >= 0.6 is 27.5 Å². The number of hydrogen-bond donors (Lipinski definition) is 1. The van der Waals surface area contributed by atoms with Crippen LogP contribution < -0.4 is 5.32 Å². The van der Waals surface area contributed by atoms with Gasteiger partial charge in [-0.15, -0.1) is 5.10 Å². The van der Waals surface area contributed by atoms with Crippen molar-refractivity contribution in [3.8, 4) is 0 Å². The van der Waals surface area contributed by atoms with E-state index in [0.29, 0.717) is 10.4 Å². The third-order valence-corrected chi connectivity index (χ3v) is 2.53. The summed E-state index contributed by atoms with van der Waals surface area (Å²) in [7, 11) is 0. The minimum Gasteiger partial charge on any atom is -0.408 e. The van der Waals surface area contributed by atoms with Crippen LogP contribution in [-0.2, 0) is 0 Å². The first-order valence-electron chi connectivity index (χ1n) is 4.49. The fraction of sp³-hybridized carbons (Fsp3) is 0.111. The smallest absolute Gasteiger partial charge is 0.322 e. The number of rotatable bonds is 2. The Balaban J connectivity index is 2.22. The van der Waals surface area contributed by atoms with Gasteiger partial charge < -0.3 is 4.42 Å². The van der Waals surface area contributed by atoms with Crippen LogP contribution in [0.5, 0.6) is 0 Å². The maximum atomic E-state index is 11.8. The average Bonchev–Trinajstić information content (AvgIpc) is 2.67. The molecule has 0 radical (unpaired) electrons. The molecule has 0 aliphatic rings. The Morgan fingerprint density at radius 2 is 2.29 bits per heavy atom. The van der Waals surface area contributed by atoms with Crippen molar-refractivity contribution in [1.29, 1.82) is 0 Å². The number of amides is 1. The topological polar surface area (TPSA) is 80.9 Å². The first-order chi connectivity index (χ1) is 8.06. The monoisotopic (exact) mass is 316 g/mol. The van der Waals surface area contributed by atoms with Crippen molar-refractivity contribution in [2.45, 2.75) is 6.92 Å². The number of aromatic nitrogens is 3. The standard InChI is InChI=1S/C9H6BrClN4O2/c1-4-14-15-9(17-4)13-8(16)6-2-5(10)3-12-7(6)11/h2-3H,1H3,(H,13,15,16). The van der Waals surface area contributed by atoms with Gasteiger partial charge in [-0.25, -0.2) is 4.98 Å². The van der Waals surface area contributed by atoms with E-state index in [0.717, 1.165) is 0 Å². The molecule has 2 rings (SSSR count). The molecule has 2 aromatic heterocycles. The molecule has 8 heteroatoms. The number of aryl methyl sites for hydroxylation is 1. The van der Waals surface area contributed by atoms with Gasteiger partial charge in [-0.2, -0.15) is 0 Å². The van der Waals surface area contributed by atoms with Crippen LogP contribution in [0, 0.1) is 6.92 Å². The lowest BCUT2D eigenvalue weighted by Crippen LogP contribution is -2.13. The molecule has 17 heavy (non-hydrogen) atoms. The molecule has 0 saturated carbocycles. The molecule has 0 atom stereocenters. The Labute approximate surface area is 110 Å². The summed E-state index contributed by atoms with van der Waals surface area (Å²) in [5.41, 5.74) is 0.219. The maximum Gasteiger partial charge on any atom is 0.322 e. The average molecular weight is 318 g/mol. The van der Waals surface area contributed by atoms with Crippen LogP contribution in [0.1, 0.15) is 16.2 Å². The number of nitrogens with one attached hydrogen (secondary N) is 1. The number of hydrogen-bond acceptors (Lipinski definition) is 5. The number of pyridine rings is 1. The van der Waals surface area contributed by atoms with Crippen molar-refractivity contribution in [2.75, 3.05) is 5.32 Å². The number of anilines is 1. The fourth-order valence-corrected chi connectivity index (χ4v) is 1.61. The highest BCUT2D eigenvalue weighted by Gasteiger charge is 2.14. The lowest BCUT2D eigenvalue weighted by atomic mass is 10.3. The van der Waals surface area contributed by atoms with Crippen molar-refractivity contribution in [1.82, 2.24) is 15.2 Å². The maximum absolute atomic E-state index is 11.8. The molecule has 0 saturated heterocycles. The molecule has 0 aliphatic heterocycles. The summed E-state index contributed by atoms with van der Waals surface area (Å²) in [6.45, 7) is 1.62. The van der Waals surface area contributed by atoms with E-state index in [9.17, 15) is 4.79 Å². The van der Waals surface area contributed by atoms with E-state index in [2.05, 4.69) is 36.4 Å². The summed E-state index contributed by atoms with van der Waals surface area (Å²) in [4.78, 5) is 15.6. The number of halogens is 2. The predicted molar refractivity (Wildman–Crippen MR) is 63.9 cm³/mol. The first kappa shape index (κ1) is 12.0. The minimum absolute atomic E-state index is 0.0172. The van der Waals surface area contributed by atoms with Gasteiger partial charge in [0.2, 0.25) is 5.89 Å². The van der Waals surface area contributed by atoms with E-state index in [1.165, 1.54) is 6.20 Å². The zero-order valence-electron chi connectivity index (χ0n) is 8.57. The van der Waals surface area contributed by atoms with Crippen LogP contribution in [0.15, 0.2) is 21.2 Å². The van der Waals surface area contributed by atoms with Gasteiger partial charge >= 0.3 is 6.01 Å². The largest absolute Gasteiger partial charge is 0.408 e. The molecule has 0 fully saturated rings. The summed E-state index contributed by atoms with van der Waals surface area (Å²) in [6.07, 6.45) is 1.50. The van der Waals surface area contributed by atoms with Crippen molar-refractivity contribution >= 4 is 39.5 Å². The first-order valence-corrected chi connectivity index (χ1v) is 5.66. The second-order valence-corrected chi connectivity index (χ2v) is 4.35. The summed E-state index contributed by atoms with van der Waals surface area (Å²) in [5, 5.41) is 9.75. The van der Waals surface area contributed by atoms with Gasteiger partial charge in [-0.1, -0.05) is 16.7 Å². The molecule has 88 valence electrons. The number of carbonyl (C=O) groups is 1. The summed E-state index contributed by atoms with van der Waals surface area (Å²) < 4.78 is 5.66. The van der Waals surface area contributed by atoms with Gasteiger partial charge in [0, 0.05) is 17.6 Å². The Morgan fingerprint density at radius 1 is 1.53 bits per heavy atom. The highest BCUT2D eigenvalue weighted by atomic mass is 79.9. The number of carbonyl (C=O) groups excluding carboxylic acids is 1. The van der Waals surface area contributed by atoms with Gasteiger partial charge in [0.15, 0.2) is 0 Å². The molecule has 0 spiro atoms. The summed E-state index contributed by atoms with van der Waals surface area (Å²) in [5.74, 6) is -0.105. The van der Waals surface area contributed by atoms with Gasteiger partial charge in [0.1, 0.15) is 5.15 Å². The van der Waals surface area contributed by atoms with Crippen molar-refractivity contribution in [3.63, 3.8) is 0 Å². The van der Waals surface area contributed by atoms with Gasteiger partial charge in [-0.05, 0) is 22.0 Å². The van der Waals surface area contributed by atoms with Crippen LogP contribution in [0.3, 0.4) is 0 Å². The Morgan fingerprint density at radius 3 is 2.94 bits per heavy atom. The van der Waals surface area contributed by atoms with E-state index in [1.54, 1.807) is 13.0 Å². The molecule has 6 nitrogen and oxygen atoms in total. The third kappa shape index (κ3) is 2.80. The van der Waals surface area contributed by atoms with E-state index >= 15 is 0 Å². The van der Waals surface area contributed by atoms with Gasteiger partial charge in [0.05, 0.1) is 5.56 Å². The van der Waals surface area contributed by atoms with E-state index < -0.39 is 5.91 Å². The highest BCUT2D eigenvalue weighted by molar-refractivity contribution is 9.10. The summed E-state index contributed by atoms with van der Waals surface area (Å²) in [6, 6.07) is 1.57. The fourth-order valence-electron chi connectivity index (χ4n) is 1.09. The van der Waals surface area contributed by atoms with E-state index in [1.807, 2.05) is 0 Å². The molecular formula is C9H6BrClN4O2. The van der Waals surface area contributed by atoms with Crippen LogP contribution in [0.2, 0.25) is 5.15 Å². The van der Waals surface area contributed by atoms with Gasteiger partial charge in [0.25, 0.3) is 5.91 Å². The van der Waals surface area contributed by atoms with Crippen LogP contribution in [-0.4, -0.2) is 21.1 Å². The normalized spacial score (nSPS) is 10.3. The second kappa shape index (κ2) is 4.80. The molecule has 0 aliphatic carbocycles. The van der Waals surface area contributed by atoms with Crippen LogP contribution in [0.4, 0.5) is 6.01 Å². The zero-order valence-corrected chi connectivity index (χ0v) is 10.9. The van der Waals surface area contributed by atoms with Crippen molar-refractivity contribution in [2.24, 2.45) is 0 Å². The summed E-state index contributed by atoms with van der Waals surface area (Å²) >= 11 is 9.00. The van der Waals surface area contributed by atoms with Crippen LogP contribution in [0.25, 0.3) is 0 Å². The van der Waals surface area contributed by atoms with Gasteiger partial charge in [-0.3, -0.25) is 10.1 Å².